The van der Waals surface area contributed by atoms with Crippen LogP contribution in [-0.2, 0) is 11.3 Å². The van der Waals surface area contributed by atoms with E-state index in [1.165, 1.54) is 22.2 Å². The molecule has 0 bridgehead atoms. The van der Waals surface area contributed by atoms with Gasteiger partial charge in [-0.15, -0.1) is 11.3 Å². The van der Waals surface area contributed by atoms with Crippen LogP contribution in [0.1, 0.15) is 25.5 Å². The Labute approximate surface area is 190 Å². The number of nitrogens with zero attached hydrogens (tertiary/aromatic N) is 2. The Morgan fingerprint density at radius 2 is 1.84 bits per heavy atom. The monoisotopic (exact) mass is 447 g/mol. The summed E-state index contributed by atoms with van der Waals surface area (Å²) in [6, 6.07) is 19.3. The number of amides is 1. The van der Waals surface area contributed by atoms with Gasteiger partial charge in [0.2, 0.25) is 5.91 Å². The van der Waals surface area contributed by atoms with Crippen molar-refractivity contribution in [2.75, 3.05) is 7.11 Å². The van der Waals surface area contributed by atoms with E-state index in [4.69, 9.17) is 4.74 Å². The van der Waals surface area contributed by atoms with Crippen molar-refractivity contribution in [1.29, 1.82) is 0 Å². The standard InChI is InChI=1S/C25H25N3O3S/c1-16(2)23(18-9-11-19(31-3)12-10-18)27-22(29)14-28-15-26-20-13-21(32-24(20)25(28)30)17-7-5-4-6-8-17/h4-13,15-16,23H,14H2,1-3H3,(H,27,29). The summed E-state index contributed by atoms with van der Waals surface area (Å²) in [6.45, 7) is 4.01. The van der Waals surface area contributed by atoms with Crippen LogP contribution >= 0.6 is 11.3 Å². The van der Waals surface area contributed by atoms with E-state index in [0.717, 1.165) is 21.8 Å². The van der Waals surface area contributed by atoms with E-state index in [1.807, 2.05) is 74.5 Å². The van der Waals surface area contributed by atoms with Gasteiger partial charge in [0.15, 0.2) is 0 Å². The smallest absolute Gasteiger partial charge is 0.271 e. The van der Waals surface area contributed by atoms with Crippen LogP contribution in [0.4, 0.5) is 0 Å². The fourth-order valence-corrected chi connectivity index (χ4v) is 4.69. The van der Waals surface area contributed by atoms with E-state index < -0.39 is 0 Å². The van der Waals surface area contributed by atoms with E-state index in [0.29, 0.717) is 10.2 Å². The predicted molar refractivity (Wildman–Crippen MR) is 128 cm³/mol. The van der Waals surface area contributed by atoms with Crippen molar-refractivity contribution < 1.29 is 9.53 Å². The van der Waals surface area contributed by atoms with Gasteiger partial charge in [-0.1, -0.05) is 56.3 Å². The molecule has 7 heteroatoms. The molecule has 0 saturated carbocycles. The molecule has 2 aromatic heterocycles. The van der Waals surface area contributed by atoms with Gasteiger partial charge >= 0.3 is 0 Å². The van der Waals surface area contributed by atoms with Crippen molar-refractivity contribution in [2.24, 2.45) is 5.92 Å². The molecule has 0 radical (unpaired) electrons. The first kappa shape index (κ1) is 21.8. The van der Waals surface area contributed by atoms with E-state index in [-0.39, 0.29) is 30.0 Å². The van der Waals surface area contributed by atoms with Crippen molar-refractivity contribution in [2.45, 2.75) is 26.4 Å². The summed E-state index contributed by atoms with van der Waals surface area (Å²) in [5, 5.41) is 3.06. The van der Waals surface area contributed by atoms with Crippen molar-refractivity contribution in [1.82, 2.24) is 14.9 Å². The number of aromatic nitrogens is 2. The Hall–Kier alpha value is -3.45. The highest BCUT2D eigenvalue weighted by Gasteiger charge is 2.19. The second kappa shape index (κ2) is 9.36. The van der Waals surface area contributed by atoms with E-state index in [9.17, 15) is 9.59 Å². The topological polar surface area (TPSA) is 73.2 Å². The van der Waals surface area contributed by atoms with Gasteiger partial charge in [0.05, 0.1) is 25.0 Å². The molecular formula is C25H25N3O3S. The maximum atomic E-state index is 13.0. The number of hydrogen-bond donors (Lipinski definition) is 1. The Bertz CT molecular complexity index is 1280. The third kappa shape index (κ3) is 4.57. The summed E-state index contributed by atoms with van der Waals surface area (Å²) in [5.41, 5.74) is 2.47. The molecule has 1 atom stereocenters. The highest BCUT2D eigenvalue weighted by Crippen LogP contribution is 2.30. The summed E-state index contributed by atoms with van der Waals surface area (Å²) in [5.74, 6) is 0.706. The largest absolute Gasteiger partial charge is 0.497 e. The normalized spacial score (nSPS) is 12.1. The molecule has 4 rings (SSSR count). The molecule has 4 aromatic rings. The summed E-state index contributed by atoms with van der Waals surface area (Å²) < 4.78 is 7.14. The van der Waals surface area contributed by atoms with E-state index >= 15 is 0 Å². The lowest BCUT2D eigenvalue weighted by Gasteiger charge is -2.23. The Balaban J connectivity index is 1.54. The van der Waals surface area contributed by atoms with Crippen LogP contribution in [0, 0.1) is 5.92 Å². The predicted octanol–water partition coefficient (Wildman–Crippen LogP) is 4.65. The van der Waals surface area contributed by atoms with Crippen LogP contribution < -0.4 is 15.6 Å². The summed E-state index contributed by atoms with van der Waals surface area (Å²) in [7, 11) is 1.62. The average Bonchev–Trinajstić information content (AvgIpc) is 3.25. The van der Waals surface area contributed by atoms with Crippen LogP contribution in [0.5, 0.6) is 5.75 Å². The lowest BCUT2D eigenvalue weighted by Crippen LogP contribution is -2.36. The molecule has 1 unspecified atom stereocenters. The number of fused-ring (bicyclic) bond motifs is 1. The minimum Gasteiger partial charge on any atom is -0.497 e. The number of thiophene rings is 1. The average molecular weight is 448 g/mol. The molecule has 0 aliphatic carbocycles. The lowest BCUT2D eigenvalue weighted by atomic mass is 9.96. The third-order valence-corrected chi connectivity index (χ3v) is 6.50. The minimum absolute atomic E-state index is 0.0836. The quantitative estimate of drug-likeness (QED) is 0.448. The zero-order valence-corrected chi connectivity index (χ0v) is 19.1. The highest BCUT2D eigenvalue weighted by molar-refractivity contribution is 7.22. The van der Waals surface area contributed by atoms with Crippen molar-refractivity contribution in [3.8, 4) is 16.2 Å². The van der Waals surface area contributed by atoms with Gasteiger partial charge in [-0.05, 0) is 35.2 Å². The van der Waals surface area contributed by atoms with Gasteiger partial charge < -0.3 is 10.1 Å². The number of methoxy groups -OCH3 is 1. The Morgan fingerprint density at radius 1 is 1.12 bits per heavy atom. The van der Waals surface area contributed by atoms with Gasteiger partial charge in [-0.25, -0.2) is 4.98 Å². The first-order valence-corrected chi connectivity index (χ1v) is 11.3. The molecule has 2 aromatic carbocycles. The molecule has 32 heavy (non-hydrogen) atoms. The SMILES string of the molecule is COc1ccc(C(NC(=O)Cn2cnc3cc(-c4ccccc4)sc3c2=O)C(C)C)cc1. The van der Waals surface area contributed by atoms with Crippen LogP contribution in [0.25, 0.3) is 20.7 Å². The zero-order valence-electron chi connectivity index (χ0n) is 18.2. The number of ether oxygens (including phenoxy) is 1. The van der Waals surface area contributed by atoms with E-state index in [2.05, 4.69) is 10.3 Å². The molecule has 0 fully saturated rings. The Kier molecular flexibility index (Phi) is 6.37. The fourth-order valence-electron chi connectivity index (χ4n) is 3.62. The number of carbonyl (C=O) groups is 1. The molecule has 0 saturated heterocycles. The molecule has 2 heterocycles. The Morgan fingerprint density at radius 3 is 2.50 bits per heavy atom. The molecule has 0 aliphatic heterocycles. The maximum absolute atomic E-state index is 13.0. The molecular weight excluding hydrogens is 422 g/mol. The molecule has 0 aliphatic rings. The summed E-state index contributed by atoms with van der Waals surface area (Å²) in [4.78, 5) is 31.2. The summed E-state index contributed by atoms with van der Waals surface area (Å²) in [6.07, 6.45) is 1.45. The molecule has 0 spiro atoms. The second-order valence-electron chi connectivity index (χ2n) is 7.93. The van der Waals surface area contributed by atoms with Gasteiger partial charge in [-0.3, -0.25) is 14.2 Å². The molecule has 1 N–H and O–H groups in total. The second-order valence-corrected chi connectivity index (χ2v) is 8.98. The number of hydrogen-bond acceptors (Lipinski definition) is 5. The van der Waals surface area contributed by atoms with Crippen molar-refractivity contribution in [3.05, 3.63) is 82.9 Å². The van der Waals surface area contributed by atoms with E-state index in [1.54, 1.807) is 7.11 Å². The lowest BCUT2D eigenvalue weighted by molar-refractivity contribution is -0.122. The van der Waals surface area contributed by atoms with Crippen molar-refractivity contribution >= 4 is 27.5 Å². The first-order valence-electron chi connectivity index (χ1n) is 10.4. The van der Waals surface area contributed by atoms with Gasteiger partial charge in [0, 0.05) is 4.88 Å². The first-order chi connectivity index (χ1) is 15.5. The van der Waals surface area contributed by atoms with Crippen LogP contribution in [0.3, 0.4) is 0 Å². The fraction of sp³-hybridized carbons (Fsp3) is 0.240. The maximum Gasteiger partial charge on any atom is 0.271 e. The third-order valence-electron chi connectivity index (χ3n) is 5.33. The van der Waals surface area contributed by atoms with Gasteiger partial charge in [-0.2, -0.15) is 0 Å². The van der Waals surface area contributed by atoms with Gasteiger partial charge in [0.25, 0.3) is 5.56 Å². The summed E-state index contributed by atoms with van der Waals surface area (Å²) >= 11 is 1.40. The minimum atomic E-state index is -0.234. The highest BCUT2D eigenvalue weighted by atomic mass is 32.1. The van der Waals surface area contributed by atoms with Crippen LogP contribution in [0.2, 0.25) is 0 Å². The van der Waals surface area contributed by atoms with Crippen LogP contribution in [0.15, 0.2) is 71.8 Å². The number of benzene rings is 2. The molecule has 1 amide bonds. The van der Waals surface area contributed by atoms with Gasteiger partial charge in [0.1, 0.15) is 17.0 Å². The molecule has 6 nitrogen and oxygen atoms in total. The van der Waals surface area contributed by atoms with Crippen molar-refractivity contribution in [3.63, 3.8) is 0 Å². The van der Waals surface area contributed by atoms with Crippen LogP contribution in [-0.4, -0.2) is 22.6 Å². The number of nitrogens with one attached hydrogen (secondary N) is 1. The zero-order chi connectivity index (χ0) is 22.7. The number of rotatable bonds is 7. The molecule has 164 valence electrons. The number of carbonyl (C=O) groups excluding carboxylic acids is 1.